The van der Waals surface area contributed by atoms with Crippen molar-refractivity contribution < 1.29 is 9.84 Å². The average Bonchev–Trinajstić information content (AvgIpc) is 2.38. The minimum atomic E-state index is -0.130. The van der Waals surface area contributed by atoms with E-state index in [2.05, 4.69) is 9.88 Å². The zero-order valence-electron chi connectivity index (χ0n) is 10.0. The van der Waals surface area contributed by atoms with Crippen LogP contribution in [0.1, 0.15) is 12.5 Å². The van der Waals surface area contributed by atoms with E-state index < -0.39 is 0 Å². The van der Waals surface area contributed by atoms with Gasteiger partial charge >= 0.3 is 0 Å². The van der Waals surface area contributed by atoms with Crippen molar-refractivity contribution >= 4 is 5.82 Å². The Bertz CT molecular complexity index is 355. The number of nitrogens with two attached hydrogens (primary N) is 1. The third-order valence-electron chi connectivity index (χ3n) is 2.90. The second-order valence-electron chi connectivity index (χ2n) is 4.39. The molecule has 0 aliphatic carbocycles. The van der Waals surface area contributed by atoms with Crippen LogP contribution in [0.4, 0.5) is 5.82 Å². The number of anilines is 1. The monoisotopic (exact) mass is 237 g/mol. The molecule has 0 amide bonds. The molecule has 1 saturated heterocycles. The van der Waals surface area contributed by atoms with Crippen molar-refractivity contribution in [3.63, 3.8) is 0 Å². The van der Waals surface area contributed by atoms with Crippen LogP contribution in [0.2, 0.25) is 0 Å². The summed E-state index contributed by atoms with van der Waals surface area (Å²) in [6, 6.07) is 3.95. The number of hydrogen-bond donors (Lipinski definition) is 2. The molecule has 0 aromatic carbocycles. The van der Waals surface area contributed by atoms with Gasteiger partial charge in [0.2, 0.25) is 0 Å². The number of nitrogens with zero attached hydrogens (tertiary/aromatic N) is 2. The first kappa shape index (κ1) is 12.3. The maximum atomic E-state index is 9.17. The number of aliphatic hydroxyl groups is 1. The van der Waals surface area contributed by atoms with Gasteiger partial charge in [0, 0.05) is 25.8 Å². The summed E-state index contributed by atoms with van der Waals surface area (Å²) in [4.78, 5) is 6.52. The topological polar surface area (TPSA) is 71.6 Å². The normalized spacial score (nSPS) is 25.0. The molecule has 2 unspecified atom stereocenters. The number of hydrogen-bond acceptors (Lipinski definition) is 5. The Kier molecular flexibility index (Phi) is 3.93. The molecule has 1 aliphatic heterocycles. The van der Waals surface area contributed by atoms with Gasteiger partial charge in [-0.25, -0.2) is 4.98 Å². The fraction of sp³-hybridized carbons (Fsp3) is 0.583. The molecule has 1 aliphatic rings. The van der Waals surface area contributed by atoms with Crippen LogP contribution in [0.3, 0.4) is 0 Å². The molecule has 0 spiro atoms. The molecule has 2 heterocycles. The predicted octanol–water partition coefficient (Wildman–Crippen LogP) is 0.126. The third-order valence-corrected chi connectivity index (χ3v) is 2.90. The molecule has 1 aromatic heterocycles. The van der Waals surface area contributed by atoms with Crippen molar-refractivity contribution in [2.24, 2.45) is 5.73 Å². The van der Waals surface area contributed by atoms with Gasteiger partial charge in [-0.05, 0) is 18.6 Å². The van der Waals surface area contributed by atoms with Crippen LogP contribution in [0.5, 0.6) is 0 Å². The standard InChI is InChI=1S/C12H19N3O2/c1-9-6-15(7-11(8-16)17-9)12-3-2-10(4-13)5-14-12/h2-3,5,9,11,16H,4,6-8,13H2,1H3. The first-order valence-electron chi connectivity index (χ1n) is 5.89. The number of morpholine rings is 1. The van der Waals surface area contributed by atoms with E-state index in [1.54, 1.807) is 6.20 Å². The minimum Gasteiger partial charge on any atom is -0.394 e. The van der Waals surface area contributed by atoms with Gasteiger partial charge in [0.15, 0.2) is 0 Å². The highest BCUT2D eigenvalue weighted by Gasteiger charge is 2.25. The molecule has 1 aromatic rings. The van der Waals surface area contributed by atoms with E-state index in [9.17, 15) is 0 Å². The summed E-state index contributed by atoms with van der Waals surface area (Å²) in [5, 5.41) is 9.17. The molecule has 2 atom stereocenters. The fourth-order valence-corrected chi connectivity index (χ4v) is 2.06. The summed E-state index contributed by atoms with van der Waals surface area (Å²) in [7, 11) is 0. The van der Waals surface area contributed by atoms with Crippen LogP contribution in [-0.2, 0) is 11.3 Å². The van der Waals surface area contributed by atoms with Crippen molar-refractivity contribution in [3.8, 4) is 0 Å². The Morgan fingerprint density at radius 1 is 1.53 bits per heavy atom. The Labute approximate surface area is 101 Å². The lowest BCUT2D eigenvalue weighted by Crippen LogP contribution is -2.48. The third kappa shape index (κ3) is 2.94. The quantitative estimate of drug-likeness (QED) is 0.781. The van der Waals surface area contributed by atoms with Crippen molar-refractivity contribution in [3.05, 3.63) is 23.9 Å². The Morgan fingerprint density at radius 3 is 2.94 bits per heavy atom. The second-order valence-corrected chi connectivity index (χ2v) is 4.39. The van der Waals surface area contributed by atoms with Gasteiger partial charge in [-0.15, -0.1) is 0 Å². The molecule has 3 N–H and O–H groups in total. The van der Waals surface area contributed by atoms with Crippen LogP contribution >= 0.6 is 0 Å². The van der Waals surface area contributed by atoms with Crippen molar-refractivity contribution in [1.29, 1.82) is 0 Å². The zero-order valence-corrected chi connectivity index (χ0v) is 10.0. The number of rotatable bonds is 3. The van der Waals surface area contributed by atoms with E-state index in [1.165, 1.54) is 0 Å². The number of pyridine rings is 1. The van der Waals surface area contributed by atoms with Crippen LogP contribution in [-0.4, -0.2) is 42.0 Å². The molecule has 5 heteroatoms. The van der Waals surface area contributed by atoms with Gasteiger partial charge in [-0.1, -0.05) is 6.07 Å². The highest BCUT2D eigenvalue weighted by molar-refractivity contribution is 5.40. The molecule has 5 nitrogen and oxygen atoms in total. The van der Waals surface area contributed by atoms with Crippen molar-refractivity contribution in [1.82, 2.24) is 4.98 Å². The lowest BCUT2D eigenvalue weighted by molar-refractivity contribution is -0.0423. The van der Waals surface area contributed by atoms with E-state index in [1.807, 2.05) is 19.1 Å². The summed E-state index contributed by atoms with van der Waals surface area (Å²) >= 11 is 0. The maximum Gasteiger partial charge on any atom is 0.128 e. The zero-order chi connectivity index (χ0) is 12.3. The second kappa shape index (κ2) is 5.44. The van der Waals surface area contributed by atoms with Crippen LogP contribution in [0.25, 0.3) is 0 Å². The highest BCUT2D eigenvalue weighted by atomic mass is 16.5. The Balaban J connectivity index is 2.09. The molecule has 0 radical (unpaired) electrons. The first-order valence-corrected chi connectivity index (χ1v) is 5.89. The van der Waals surface area contributed by atoms with Gasteiger partial charge < -0.3 is 20.5 Å². The van der Waals surface area contributed by atoms with Gasteiger partial charge in [-0.2, -0.15) is 0 Å². The smallest absolute Gasteiger partial charge is 0.128 e. The average molecular weight is 237 g/mol. The summed E-state index contributed by atoms with van der Waals surface area (Å²) in [5.74, 6) is 0.913. The van der Waals surface area contributed by atoms with Crippen molar-refractivity contribution in [2.75, 3.05) is 24.6 Å². The van der Waals surface area contributed by atoms with Gasteiger partial charge in [0.05, 0.1) is 18.8 Å². The first-order chi connectivity index (χ1) is 8.22. The Morgan fingerprint density at radius 2 is 2.35 bits per heavy atom. The fourth-order valence-electron chi connectivity index (χ4n) is 2.06. The van der Waals surface area contributed by atoms with E-state index in [4.69, 9.17) is 15.6 Å². The molecule has 94 valence electrons. The van der Waals surface area contributed by atoms with Gasteiger partial charge in [0.1, 0.15) is 5.82 Å². The molecular formula is C12H19N3O2. The SMILES string of the molecule is CC1CN(c2ccc(CN)cn2)CC(CO)O1. The summed E-state index contributed by atoms with van der Waals surface area (Å²) in [5.41, 5.74) is 6.56. The minimum absolute atomic E-state index is 0.0434. The molecule has 1 fully saturated rings. The number of aromatic nitrogens is 1. The maximum absolute atomic E-state index is 9.17. The predicted molar refractivity (Wildman–Crippen MR) is 65.8 cm³/mol. The van der Waals surface area contributed by atoms with E-state index in [0.29, 0.717) is 13.1 Å². The number of ether oxygens (including phenoxy) is 1. The lowest BCUT2D eigenvalue weighted by Gasteiger charge is -2.36. The molecule has 0 bridgehead atoms. The summed E-state index contributed by atoms with van der Waals surface area (Å²) in [6.07, 6.45) is 1.77. The summed E-state index contributed by atoms with van der Waals surface area (Å²) in [6.45, 7) is 4.03. The van der Waals surface area contributed by atoms with E-state index in [-0.39, 0.29) is 18.8 Å². The van der Waals surface area contributed by atoms with Crippen LogP contribution < -0.4 is 10.6 Å². The molecule has 2 rings (SSSR count). The van der Waals surface area contributed by atoms with Gasteiger partial charge in [-0.3, -0.25) is 0 Å². The van der Waals surface area contributed by atoms with Crippen LogP contribution in [0, 0.1) is 0 Å². The van der Waals surface area contributed by atoms with E-state index in [0.717, 1.165) is 17.9 Å². The van der Waals surface area contributed by atoms with Gasteiger partial charge in [0.25, 0.3) is 0 Å². The Hall–Kier alpha value is -1.17. The molecule has 0 saturated carbocycles. The lowest BCUT2D eigenvalue weighted by atomic mass is 10.2. The number of aliphatic hydroxyl groups excluding tert-OH is 1. The highest BCUT2D eigenvalue weighted by Crippen LogP contribution is 2.18. The summed E-state index contributed by atoms with van der Waals surface area (Å²) < 4.78 is 5.59. The largest absolute Gasteiger partial charge is 0.394 e. The van der Waals surface area contributed by atoms with Crippen LogP contribution in [0.15, 0.2) is 18.3 Å². The van der Waals surface area contributed by atoms with E-state index >= 15 is 0 Å². The molecular weight excluding hydrogens is 218 g/mol. The van der Waals surface area contributed by atoms with Crippen molar-refractivity contribution in [2.45, 2.75) is 25.7 Å². The molecule has 17 heavy (non-hydrogen) atoms.